The van der Waals surface area contributed by atoms with E-state index in [1.54, 1.807) is 24.3 Å². The van der Waals surface area contributed by atoms with Gasteiger partial charge in [-0.2, -0.15) is 0 Å². The number of thiocarbonyl (C=S) groups is 1. The van der Waals surface area contributed by atoms with Crippen LogP contribution >= 0.6 is 35.2 Å². The molecule has 0 atom stereocenters. The molecule has 8 heteroatoms. The Hall–Kier alpha value is -2.22. The third-order valence-electron chi connectivity index (χ3n) is 3.71. The normalized spacial score (nSPS) is 10.6. The lowest BCUT2D eigenvalue weighted by atomic mass is 10.2. The quantitative estimate of drug-likeness (QED) is 0.558. The van der Waals surface area contributed by atoms with Gasteiger partial charge in [0.05, 0.1) is 16.8 Å². The van der Waals surface area contributed by atoms with E-state index < -0.39 is 0 Å². The van der Waals surface area contributed by atoms with Crippen LogP contribution in [0.5, 0.6) is 5.75 Å². The average molecular weight is 420 g/mol. The molecule has 1 amide bonds. The highest BCUT2D eigenvalue weighted by atomic mass is 35.5. The van der Waals surface area contributed by atoms with Crippen molar-refractivity contribution in [1.82, 2.24) is 10.3 Å². The molecule has 1 heterocycles. The molecule has 2 N–H and O–H groups in total. The highest BCUT2D eigenvalue weighted by Crippen LogP contribution is 2.30. The van der Waals surface area contributed by atoms with E-state index in [1.807, 2.05) is 26.0 Å². The van der Waals surface area contributed by atoms with E-state index in [9.17, 15) is 4.79 Å². The van der Waals surface area contributed by atoms with E-state index in [-0.39, 0.29) is 11.0 Å². The van der Waals surface area contributed by atoms with Crippen LogP contribution < -0.4 is 15.4 Å². The maximum absolute atomic E-state index is 12.3. The highest BCUT2D eigenvalue weighted by Gasteiger charge is 2.11. The molecule has 0 spiro atoms. The fourth-order valence-electron chi connectivity index (χ4n) is 2.33. The molecule has 5 nitrogen and oxygen atoms in total. The number of ether oxygens (including phenoxy) is 1. The Morgan fingerprint density at radius 3 is 2.74 bits per heavy atom. The third-order valence-corrected chi connectivity index (χ3v) is 5.25. The molecule has 3 rings (SSSR count). The second-order valence-corrected chi connectivity index (χ2v) is 7.72. The molecule has 0 radical (unpaired) electrons. The van der Waals surface area contributed by atoms with Crippen molar-refractivity contribution in [3.05, 3.63) is 52.5 Å². The fraction of sp³-hybridized carbons (Fsp3) is 0.211. The largest absolute Gasteiger partial charge is 0.494 e. The molecule has 0 unspecified atom stereocenters. The first-order valence-corrected chi connectivity index (χ1v) is 9.98. The van der Waals surface area contributed by atoms with Crippen LogP contribution in [0.4, 0.5) is 5.13 Å². The Labute approximate surface area is 171 Å². The molecule has 0 saturated carbocycles. The van der Waals surface area contributed by atoms with Crippen LogP contribution in [0.1, 0.15) is 29.3 Å². The van der Waals surface area contributed by atoms with Crippen LogP contribution in [0, 0.1) is 6.92 Å². The number of nitrogens with one attached hydrogen (secondary N) is 2. The van der Waals surface area contributed by atoms with Gasteiger partial charge in [-0.25, -0.2) is 4.98 Å². The molecular formula is C19H18ClN3O2S2. The van der Waals surface area contributed by atoms with Crippen molar-refractivity contribution in [1.29, 1.82) is 0 Å². The lowest BCUT2D eigenvalue weighted by Crippen LogP contribution is -2.34. The Kier molecular flexibility index (Phi) is 6.26. The molecule has 0 bridgehead atoms. The van der Waals surface area contributed by atoms with Crippen LogP contribution in [-0.2, 0) is 0 Å². The molecule has 2 aromatic carbocycles. The van der Waals surface area contributed by atoms with Gasteiger partial charge in [0.1, 0.15) is 5.75 Å². The second kappa shape index (κ2) is 8.65. The highest BCUT2D eigenvalue weighted by molar-refractivity contribution is 7.80. The SMILES string of the molecule is CCCOc1ccc(C(=O)NC(=S)Nc2nc3cc(Cl)c(C)cc3s2)cc1. The summed E-state index contributed by atoms with van der Waals surface area (Å²) in [4.78, 5) is 16.8. The van der Waals surface area contributed by atoms with Gasteiger partial charge in [-0.15, -0.1) is 0 Å². The Bertz CT molecular complexity index is 948. The van der Waals surface area contributed by atoms with Gasteiger partial charge in [-0.1, -0.05) is 29.9 Å². The van der Waals surface area contributed by atoms with Crippen molar-refractivity contribution < 1.29 is 9.53 Å². The lowest BCUT2D eigenvalue weighted by molar-refractivity contribution is 0.0977. The van der Waals surface area contributed by atoms with E-state index in [0.29, 0.717) is 22.3 Å². The predicted octanol–water partition coefficient (Wildman–Crippen LogP) is 5.17. The minimum absolute atomic E-state index is 0.188. The van der Waals surface area contributed by atoms with Crippen molar-refractivity contribution in [2.45, 2.75) is 20.3 Å². The van der Waals surface area contributed by atoms with E-state index in [4.69, 9.17) is 28.6 Å². The number of carbonyl (C=O) groups excluding carboxylic acids is 1. The first-order valence-electron chi connectivity index (χ1n) is 8.38. The molecule has 1 aromatic heterocycles. The fourth-order valence-corrected chi connectivity index (χ4v) is 3.69. The molecule has 0 saturated heterocycles. The summed E-state index contributed by atoms with van der Waals surface area (Å²) in [6.07, 6.45) is 0.930. The van der Waals surface area contributed by atoms with Gasteiger partial charge < -0.3 is 10.1 Å². The van der Waals surface area contributed by atoms with Crippen LogP contribution in [0.25, 0.3) is 10.2 Å². The third kappa shape index (κ3) is 4.94. The summed E-state index contributed by atoms with van der Waals surface area (Å²) in [6, 6.07) is 10.7. The van der Waals surface area contributed by atoms with Crippen molar-refractivity contribution in [3.8, 4) is 5.75 Å². The standard InChI is InChI=1S/C19H18ClN3O2S2/c1-3-8-25-13-6-4-12(5-7-13)17(24)22-18(26)23-19-21-15-10-14(20)11(2)9-16(15)27-19/h4-7,9-10H,3,8H2,1-2H3,(H2,21,22,23,24,26). The number of aromatic nitrogens is 1. The number of rotatable bonds is 5. The minimum Gasteiger partial charge on any atom is -0.494 e. The molecule has 140 valence electrons. The van der Waals surface area contributed by atoms with E-state index in [1.165, 1.54) is 11.3 Å². The monoisotopic (exact) mass is 419 g/mol. The first-order chi connectivity index (χ1) is 13.0. The average Bonchev–Trinajstić information content (AvgIpc) is 3.01. The van der Waals surface area contributed by atoms with Crippen molar-refractivity contribution in [3.63, 3.8) is 0 Å². The van der Waals surface area contributed by atoms with Gasteiger partial charge in [0, 0.05) is 10.6 Å². The first kappa shape index (κ1) is 19.5. The zero-order chi connectivity index (χ0) is 19.4. The number of anilines is 1. The topological polar surface area (TPSA) is 63.2 Å². The van der Waals surface area contributed by atoms with E-state index in [2.05, 4.69) is 15.6 Å². The summed E-state index contributed by atoms with van der Waals surface area (Å²) in [5.41, 5.74) is 2.27. The van der Waals surface area contributed by atoms with Gasteiger partial charge in [0.2, 0.25) is 0 Å². The van der Waals surface area contributed by atoms with Crippen molar-refractivity contribution in [2.24, 2.45) is 0 Å². The second-order valence-electron chi connectivity index (χ2n) is 5.87. The number of fused-ring (bicyclic) bond motifs is 1. The number of aryl methyl sites for hydroxylation is 1. The van der Waals surface area contributed by atoms with Crippen LogP contribution in [0.3, 0.4) is 0 Å². The summed E-state index contributed by atoms with van der Waals surface area (Å²) in [5.74, 6) is 0.437. The van der Waals surface area contributed by atoms with Gasteiger partial charge in [-0.05, 0) is 67.5 Å². The van der Waals surface area contributed by atoms with Crippen LogP contribution in [0.15, 0.2) is 36.4 Å². The van der Waals surface area contributed by atoms with Gasteiger partial charge in [0.25, 0.3) is 5.91 Å². The van der Waals surface area contributed by atoms with E-state index >= 15 is 0 Å². The van der Waals surface area contributed by atoms with Gasteiger partial charge in [-0.3, -0.25) is 10.1 Å². The van der Waals surface area contributed by atoms with Crippen molar-refractivity contribution in [2.75, 3.05) is 11.9 Å². The number of benzene rings is 2. The molecule has 0 fully saturated rings. The summed E-state index contributed by atoms with van der Waals surface area (Å²) >= 11 is 12.8. The summed E-state index contributed by atoms with van der Waals surface area (Å²) < 4.78 is 6.51. The number of hydrogen-bond donors (Lipinski definition) is 2. The Morgan fingerprint density at radius 1 is 1.30 bits per heavy atom. The number of nitrogens with zero attached hydrogens (tertiary/aromatic N) is 1. The predicted molar refractivity (Wildman–Crippen MR) is 115 cm³/mol. The molecule has 0 aliphatic heterocycles. The summed E-state index contributed by atoms with van der Waals surface area (Å²) in [6.45, 7) is 4.63. The number of thiazole rings is 1. The maximum atomic E-state index is 12.3. The van der Waals surface area contributed by atoms with E-state index in [0.717, 1.165) is 28.0 Å². The maximum Gasteiger partial charge on any atom is 0.257 e. The number of amides is 1. The molecule has 0 aliphatic carbocycles. The number of hydrogen-bond acceptors (Lipinski definition) is 5. The Morgan fingerprint density at radius 2 is 2.04 bits per heavy atom. The molecule has 3 aromatic rings. The minimum atomic E-state index is -0.297. The zero-order valence-electron chi connectivity index (χ0n) is 14.8. The van der Waals surface area contributed by atoms with Crippen molar-refractivity contribution >= 4 is 61.5 Å². The van der Waals surface area contributed by atoms with Gasteiger partial charge >= 0.3 is 0 Å². The van der Waals surface area contributed by atoms with Gasteiger partial charge in [0.15, 0.2) is 10.2 Å². The lowest BCUT2D eigenvalue weighted by Gasteiger charge is -2.08. The summed E-state index contributed by atoms with van der Waals surface area (Å²) in [7, 11) is 0. The Balaban J connectivity index is 1.62. The number of halogens is 1. The molecular weight excluding hydrogens is 402 g/mol. The van der Waals surface area contributed by atoms with Crippen LogP contribution in [-0.4, -0.2) is 22.6 Å². The zero-order valence-corrected chi connectivity index (χ0v) is 17.2. The molecule has 27 heavy (non-hydrogen) atoms. The summed E-state index contributed by atoms with van der Waals surface area (Å²) in [5, 5.41) is 7.06. The number of carbonyl (C=O) groups is 1. The smallest absolute Gasteiger partial charge is 0.257 e. The van der Waals surface area contributed by atoms with Crippen LogP contribution in [0.2, 0.25) is 5.02 Å². The molecule has 0 aliphatic rings.